The average Bonchev–Trinajstić information content (AvgIpc) is 2.49. The molecule has 8 heteroatoms. The van der Waals surface area contributed by atoms with Gasteiger partial charge >= 0.3 is 6.18 Å². The number of unbranched alkanes of at least 4 members (excludes halogenated alkanes) is 1. The molecule has 23 heavy (non-hydrogen) atoms. The summed E-state index contributed by atoms with van der Waals surface area (Å²) in [5.74, 6) is 0.637. The highest BCUT2D eigenvalue weighted by Crippen LogP contribution is 2.37. The van der Waals surface area contributed by atoms with E-state index in [2.05, 4.69) is 27.5 Å². The second kappa shape index (κ2) is 7.50. The fourth-order valence-electron chi connectivity index (χ4n) is 1.89. The maximum atomic E-state index is 13.1. The molecular weight excluding hydrogens is 329 g/mol. The van der Waals surface area contributed by atoms with E-state index in [0.29, 0.717) is 12.5 Å². The minimum Gasteiger partial charge on any atom is -0.354 e. The first-order valence-corrected chi connectivity index (χ1v) is 7.48. The van der Waals surface area contributed by atoms with E-state index in [1.165, 1.54) is 24.4 Å². The second-order valence-corrected chi connectivity index (χ2v) is 5.29. The molecule has 0 atom stereocenters. The van der Waals surface area contributed by atoms with Gasteiger partial charge in [0.15, 0.2) is 0 Å². The molecule has 0 spiro atoms. The Hall–Kier alpha value is -2.02. The number of aromatic nitrogens is 2. The lowest BCUT2D eigenvalue weighted by atomic mass is 10.1. The van der Waals surface area contributed by atoms with Gasteiger partial charge in [0.2, 0.25) is 5.95 Å². The van der Waals surface area contributed by atoms with Gasteiger partial charge in [0.1, 0.15) is 5.82 Å². The maximum absolute atomic E-state index is 13.1. The second-order valence-electron chi connectivity index (χ2n) is 4.86. The molecule has 0 radical (unpaired) electrons. The third-order valence-electron chi connectivity index (χ3n) is 3.02. The smallest absolute Gasteiger partial charge is 0.354 e. The SMILES string of the molecule is CCCCNc1nccc(Nc2ccc(Cl)cc2C(F)(F)F)n1. The summed E-state index contributed by atoms with van der Waals surface area (Å²) in [5.41, 5.74) is -0.954. The molecule has 1 aromatic heterocycles. The van der Waals surface area contributed by atoms with Crippen LogP contribution in [0.2, 0.25) is 5.02 Å². The highest BCUT2D eigenvalue weighted by Gasteiger charge is 2.33. The van der Waals surface area contributed by atoms with Crippen LogP contribution in [-0.4, -0.2) is 16.5 Å². The van der Waals surface area contributed by atoms with Crippen LogP contribution in [0.15, 0.2) is 30.5 Å². The molecule has 4 nitrogen and oxygen atoms in total. The van der Waals surface area contributed by atoms with Crippen molar-refractivity contribution < 1.29 is 13.2 Å². The van der Waals surface area contributed by atoms with Crippen molar-refractivity contribution in [2.75, 3.05) is 17.2 Å². The molecule has 0 fully saturated rings. The van der Waals surface area contributed by atoms with E-state index in [1.807, 2.05) is 0 Å². The molecule has 1 heterocycles. The fraction of sp³-hybridized carbons (Fsp3) is 0.333. The van der Waals surface area contributed by atoms with Gasteiger partial charge in [0.05, 0.1) is 11.3 Å². The number of halogens is 4. The van der Waals surface area contributed by atoms with E-state index in [1.54, 1.807) is 0 Å². The van der Waals surface area contributed by atoms with Gasteiger partial charge in [-0.1, -0.05) is 24.9 Å². The van der Waals surface area contributed by atoms with Crippen molar-refractivity contribution in [3.8, 4) is 0 Å². The first-order chi connectivity index (χ1) is 10.9. The highest BCUT2D eigenvalue weighted by atomic mass is 35.5. The number of hydrogen-bond donors (Lipinski definition) is 2. The molecular formula is C15H16ClF3N4. The van der Waals surface area contributed by atoms with Crippen LogP contribution in [0.3, 0.4) is 0 Å². The lowest BCUT2D eigenvalue weighted by Gasteiger charge is -2.15. The Bertz CT molecular complexity index is 661. The monoisotopic (exact) mass is 344 g/mol. The zero-order valence-electron chi connectivity index (χ0n) is 12.4. The predicted octanol–water partition coefficient (Wildman–Crippen LogP) is 5.10. The average molecular weight is 345 g/mol. The van der Waals surface area contributed by atoms with E-state index < -0.39 is 11.7 Å². The van der Waals surface area contributed by atoms with Gasteiger partial charge in [-0.05, 0) is 30.7 Å². The molecule has 2 aromatic rings. The number of nitrogens with one attached hydrogen (secondary N) is 2. The molecule has 2 N–H and O–H groups in total. The van der Waals surface area contributed by atoms with E-state index >= 15 is 0 Å². The zero-order chi connectivity index (χ0) is 16.9. The van der Waals surface area contributed by atoms with E-state index in [9.17, 15) is 13.2 Å². The van der Waals surface area contributed by atoms with Gasteiger partial charge in [-0.2, -0.15) is 18.2 Å². The van der Waals surface area contributed by atoms with Crippen LogP contribution in [-0.2, 0) is 6.18 Å². The number of alkyl halides is 3. The van der Waals surface area contributed by atoms with Crippen molar-refractivity contribution in [3.05, 3.63) is 41.0 Å². The summed E-state index contributed by atoms with van der Waals surface area (Å²) < 4.78 is 39.2. The molecule has 124 valence electrons. The van der Waals surface area contributed by atoms with Gasteiger partial charge < -0.3 is 10.6 Å². The van der Waals surface area contributed by atoms with Crippen molar-refractivity contribution in [3.63, 3.8) is 0 Å². The fourth-order valence-corrected chi connectivity index (χ4v) is 2.06. The number of anilines is 3. The quantitative estimate of drug-likeness (QED) is 0.715. The van der Waals surface area contributed by atoms with Crippen LogP contribution in [0, 0.1) is 0 Å². The minimum absolute atomic E-state index is 0.0208. The van der Waals surface area contributed by atoms with E-state index in [-0.39, 0.29) is 16.5 Å². The molecule has 0 amide bonds. The Balaban J connectivity index is 2.21. The molecule has 2 rings (SSSR count). The molecule has 0 saturated carbocycles. The van der Waals surface area contributed by atoms with Gasteiger partial charge in [-0.25, -0.2) is 4.98 Å². The number of hydrogen-bond acceptors (Lipinski definition) is 4. The summed E-state index contributed by atoms with van der Waals surface area (Å²) in [7, 11) is 0. The summed E-state index contributed by atoms with van der Waals surface area (Å²) >= 11 is 5.66. The molecule has 0 unspecified atom stereocenters. The molecule has 0 aliphatic heterocycles. The summed E-state index contributed by atoms with van der Waals surface area (Å²) in [5, 5.41) is 5.71. The van der Waals surface area contributed by atoms with Crippen molar-refractivity contribution >= 4 is 29.1 Å². The molecule has 1 aromatic carbocycles. The van der Waals surface area contributed by atoms with Crippen molar-refractivity contribution in [2.45, 2.75) is 25.9 Å². The normalized spacial score (nSPS) is 11.3. The van der Waals surface area contributed by atoms with Gasteiger partial charge in [-0.3, -0.25) is 0 Å². The van der Waals surface area contributed by atoms with Gasteiger partial charge in [0.25, 0.3) is 0 Å². The summed E-state index contributed by atoms with van der Waals surface area (Å²) in [6.45, 7) is 2.76. The predicted molar refractivity (Wildman–Crippen MR) is 85.2 cm³/mol. The lowest BCUT2D eigenvalue weighted by Crippen LogP contribution is -2.10. The number of benzene rings is 1. The van der Waals surface area contributed by atoms with E-state index in [4.69, 9.17) is 11.6 Å². The zero-order valence-corrected chi connectivity index (χ0v) is 13.2. The molecule has 0 aliphatic rings. The Morgan fingerprint density at radius 2 is 2.00 bits per heavy atom. The van der Waals surface area contributed by atoms with Crippen LogP contribution in [0.25, 0.3) is 0 Å². The van der Waals surface area contributed by atoms with Crippen LogP contribution in [0.4, 0.5) is 30.6 Å². The van der Waals surface area contributed by atoms with Crippen LogP contribution < -0.4 is 10.6 Å². The Morgan fingerprint density at radius 1 is 1.22 bits per heavy atom. The Kier molecular flexibility index (Phi) is 5.65. The first kappa shape index (κ1) is 17.3. The van der Waals surface area contributed by atoms with Crippen LogP contribution >= 0.6 is 11.6 Å². The number of rotatable bonds is 6. The minimum atomic E-state index is -4.51. The summed E-state index contributed by atoms with van der Waals surface area (Å²) in [4.78, 5) is 8.18. The van der Waals surface area contributed by atoms with Crippen LogP contribution in [0.1, 0.15) is 25.3 Å². The summed E-state index contributed by atoms with van der Waals surface area (Å²) in [6.07, 6.45) is -1.06. The van der Waals surface area contributed by atoms with Crippen molar-refractivity contribution in [1.82, 2.24) is 9.97 Å². The van der Waals surface area contributed by atoms with Crippen molar-refractivity contribution in [2.24, 2.45) is 0 Å². The third kappa shape index (κ3) is 4.99. The Labute approximate surface area is 137 Å². The Morgan fingerprint density at radius 3 is 2.70 bits per heavy atom. The van der Waals surface area contributed by atoms with Gasteiger partial charge in [0, 0.05) is 17.8 Å². The largest absolute Gasteiger partial charge is 0.418 e. The molecule has 0 saturated heterocycles. The maximum Gasteiger partial charge on any atom is 0.418 e. The summed E-state index contributed by atoms with van der Waals surface area (Å²) in [6, 6.07) is 5.05. The van der Waals surface area contributed by atoms with Crippen LogP contribution in [0.5, 0.6) is 0 Å². The molecule has 0 bridgehead atoms. The standard InChI is InChI=1S/C15H16ClF3N4/c1-2-3-7-20-14-21-8-6-13(23-14)22-12-5-4-10(16)9-11(12)15(17,18)19/h4-6,8-9H,2-3,7H2,1H3,(H2,20,21,22,23). The number of nitrogens with zero attached hydrogens (tertiary/aromatic N) is 2. The highest BCUT2D eigenvalue weighted by molar-refractivity contribution is 6.30. The molecule has 0 aliphatic carbocycles. The van der Waals surface area contributed by atoms with Crippen molar-refractivity contribution in [1.29, 1.82) is 0 Å². The lowest BCUT2D eigenvalue weighted by molar-refractivity contribution is -0.136. The third-order valence-corrected chi connectivity index (χ3v) is 3.25. The topological polar surface area (TPSA) is 49.8 Å². The first-order valence-electron chi connectivity index (χ1n) is 7.11. The van der Waals surface area contributed by atoms with Gasteiger partial charge in [-0.15, -0.1) is 0 Å². The van der Waals surface area contributed by atoms with E-state index in [0.717, 1.165) is 18.9 Å².